The van der Waals surface area contributed by atoms with Crippen molar-refractivity contribution in [1.82, 2.24) is 105 Å². The largest absolute Gasteiger partial charge is 0.265 e. The molecule has 21 nitrogen and oxygen atoms in total. The number of aryl methyl sites for hydroxylation is 21. The summed E-state index contributed by atoms with van der Waals surface area (Å²) in [6.07, 6.45) is 73.3. The first-order valence-corrected chi connectivity index (χ1v) is 49.9. The normalized spacial score (nSPS) is 10.5. The topological polar surface area (TPSA) is 271 Å². The zero-order chi connectivity index (χ0) is 101. The molecule has 742 valence electrons. The van der Waals surface area contributed by atoms with E-state index in [1.165, 1.54) is 117 Å². The van der Waals surface area contributed by atoms with Crippen molar-refractivity contribution >= 4 is 0 Å². The molecule has 0 aromatic carbocycles. The number of aromatic nitrogens is 21. The maximum Gasteiger partial charge on any atom is 0.0888 e. The Labute approximate surface area is 894 Å². The molecule has 0 unspecified atom stereocenters. The van der Waals surface area contributed by atoms with E-state index < -0.39 is 0 Å². The van der Waals surface area contributed by atoms with Crippen LogP contribution in [0.5, 0.6) is 0 Å². The number of nitrogens with zero attached hydrogens (tertiary/aromatic N) is 21. The smallest absolute Gasteiger partial charge is 0.0888 e. The third kappa shape index (κ3) is 36.7. The van der Waals surface area contributed by atoms with Gasteiger partial charge in [0.05, 0.1) is 68.3 Å². The monoisotopic (exact) mass is 2040 g/mol. The van der Waals surface area contributed by atoms with Crippen molar-refractivity contribution in [3.8, 4) is 68.3 Å². The van der Waals surface area contributed by atoms with Gasteiger partial charge in [0.2, 0.25) is 0 Å². The minimum absolute atomic E-state index is 0. The van der Waals surface area contributed by atoms with E-state index in [1.807, 2.05) is 204 Å². The molecular formula is C126H117Fe2N21. The van der Waals surface area contributed by atoms with Gasteiger partial charge in [0, 0.05) is 220 Å². The second-order valence-electron chi connectivity index (χ2n) is 35.8. The van der Waals surface area contributed by atoms with Crippen LogP contribution in [0.1, 0.15) is 117 Å². The van der Waals surface area contributed by atoms with E-state index in [0.717, 1.165) is 184 Å². The Morgan fingerprint density at radius 1 is 0.107 bits per heavy atom. The standard InChI is InChI=1S/3C24H22N4.3C18H17N3.2Fe/c3*1(19-5-11-25-12-6-19)3-21-9-15-27-23(17-21)24-18-22(10-16-28-24)4-2-20-7-13-26-14-8-20;3*1-14-4-10-20-17(12-14)18-13-16(7-11-21-18)3-2-15-5-8-19-9-6-15;;/h3*5-18H,1-4H2;3*4-13H,2-3H2,1H3;;. The van der Waals surface area contributed by atoms with Crippen LogP contribution >= 0.6 is 0 Å². The number of pyridine rings is 21. The molecule has 149 heavy (non-hydrogen) atoms. The molecule has 0 bridgehead atoms. The first kappa shape index (κ1) is 108. The molecule has 0 atom stereocenters. The van der Waals surface area contributed by atoms with Crippen molar-refractivity contribution in [1.29, 1.82) is 0 Å². The fourth-order valence-electron chi connectivity index (χ4n) is 16.5. The zero-order valence-electron chi connectivity index (χ0n) is 83.9. The van der Waals surface area contributed by atoms with Crippen molar-refractivity contribution in [3.63, 3.8) is 0 Å². The summed E-state index contributed by atoms with van der Waals surface area (Å²) < 4.78 is 0. The first-order chi connectivity index (χ1) is 72.5. The molecule has 0 saturated carbocycles. The number of hydrogen-bond acceptors (Lipinski definition) is 21. The van der Waals surface area contributed by atoms with E-state index in [0.29, 0.717) is 0 Å². The molecule has 0 spiro atoms. The molecule has 0 amide bonds. The van der Waals surface area contributed by atoms with Gasteiger partial charge in [-0.2, -0.15) is 0 Å². The van der Waals surface area contributed by atoms with Gasteiger partial charge in [0.25, 0.3) is 0 Å². The zero-order valence-corrected chi connectivity index (χ0v) is 86.1. The molecule has 0 radical (unpaired) electrons. The van der Waals surface area contributed by atoms with Crippen molar-refractivity contribution < 1.29 is 34.1 Å². The van der Waals surface area contributed by atoms with E-state index in [9.17, 15) is 0 Å². The van der Waals surface area contributed by atoms with Gasteiger partial charge in [-0.3, -0.25) is 105 Å². The second kappa shape index (κ2) is 59.6. The van der Waals surface area contributed by atoms with Crippen molar-refractivity contribution in [2.75, 3.05) is 0 Å². The van der Waals surface area contributed by atoms with Crippen molar-refractivity contribution in [3.05, 3.63) is 558 Å². The summed E-state index contributed by atoms with van der Waals surface area (Å²) in [5.41, 5.74) is 37.9. The maximum atomic E-state index is 4.54. The third-order valence-electron chi connectivity index (χ3n) is 24.8. The third-order valence-corrected chi connectivity index (χ3v) is 24.8. The van der Waals surface area contributed by atoms with Gasteiger partial charge in [-0.25, -0.2) is 0 Å². The molecule has 21 rings (SSSR count). The summed E-state index contributed by atoms with van der Waals surface area (Å²) in [5, 5.41) is 0. The van der Waals surface area contributed by atoms with Crippen molar-refractivity contribution in [2.45, 2.75) is 136 Å². The van der Waals surface area contributed by atoms with Crippen LogP contribution in [0.25, 0.3) is 68.3 Å². The summed E-state index contributed by atoms with van der Waals surface area (Å²) in [4.78, 5) is 90.3. The predicted molar refractivity (Wildman–Crippen MR) is 584 cm³/mol. The molecule has 0 N–H and O–H groups in total. The van der Waals surface area contributed by atoms with E-state index in [2.05, 4.69) is 362 Å². The van der Waals surface area contributed by atoms with Gasteiger partial charge in [0.15, 0.2) is 0 Å². The predicted octanol–water partition coefficient (Wildman–Crippen LogP) is 24.4. The van der Waals surface area contributed by atoms with Crippen LogP contribution < -0.4 is 0 Å². The van der Waals surface area contributed by atoms with Crippen molar-refractivity contribution in [2.24, 2.45) is 0 Å². The molecule has 21 aromatic heterocycles. The van der Waals surface area contributed by atoms with Crippen LogP contribution in [0.2, 0.25) is 0 Å². The average Bonchev–Trinajstić information content (AvgIpc) is 0.838. The van der Waals surface area contributed by atoms with Crippen LogP contribution in [0.4, 0.5) is 0 Å². The molecule has 0 fully saturated rings. The minimum Gasteiger partial charge on any atom is -0.265 e. The van der Waals surface area contributed by atoms with Gasteiger partial charge in [0.1, 0.15) is 0 Å². The van der Waals surface area contributed by atoms with Gasteiger partial charge in [-0.05, 0) is 508 Å². The molecule has 23 heteroatoms. The Morgan fingerprint density at radius 2 is 0.195 bits per heavy atom. The minimum atomic E-state index is 0. The Bertz CT molecular complexity index is 6570. The summed E-state index contributed by atoms with van der Waals surface area (Å²) in [7, 11) is 0. The molecule has 0 aliphatic rings. The summed E-state index contributed by atoms with van der Waals surface area (Å²) in [6.45, 7) is 6.20. The fraction of sp³-hybridized carbons (Fsp3) is 0.167. The number of rotatable bonds is 33. The molecule has 0 aliphatic carbocycles. The maximum absolute atomic E-state index is 4.54. The van der Waals surface area contributed by atoms with E-state index >= 15 is 0 Å². The summed E-state index contributed by atoms with van der Waals surface area (Å²) in [5.74, 6) is 0. The molecular weight excluding hydrogens is 1920 g/mol. The SMILES string of the molecule is Cc1ccnc(-c2cc(CCc3ccncc3)ccn2)c1.Cc1ccnc(-c2cc(CCc3ccncc3)ccn2)c1.Cc1ccnc(-c2cc(CCc3ccncc3)ccn2)c1.[Fe].[Fe].c1cc(CCc2ccnc(-c3cc(CCc4ccncc4)ccn3)c2)ccn1.c1cc(CCc2ccnc(-c3cc(CCc4ccncc4)ccn3)c2)ccn1.c1cc(CCc2ccnc(-c3cc(CCc4ccncc4)ccn3)c2)ccn1. The average molecular weight is 2040 g/mol. The second-order valence-corrected chi connectivity index (χ2v) is 35.8. The quantitative estimate of drug-likeness (QED) is 0.0346. The van der Waals surface area contributed by atoms with Gasteiger partial charge < -0.3 is 0 Å². The van der Waals surface area contributed by atoms with Crippen LogP contribution in [-0.4, -0.2) is 105 Å². The van der Waals surface area contributed by atoms with Crippen LogP contribution in [0.15, 0.2) is 441 Å². The van der Waals surface area contributed by atoms with Gasteiger partial charge >= 0.3 is 0 Å². The van der Waals surface area contributed by atoms with Crippen LogP contribution in [0.3, 0.4) is 0 Å². The van der Waals surface area contributed by atoms with Crippen LogP contribution in [-0.2, 0) is 150 Å². The molecule has 21 aromatic rings. The van der Waals surface area contributed by atoms with E-state index in [4.69, 9.17) is 0 Å². The molecule has 0 saturated heterocycles. The Hall–Kier alpha value is -16.8. The Kier molecular flexibility index (Phi) is 43.2. The first-order valence-electron chi connectivity index (χ1n) is 49.9. The van der Waals surface area contributed by atoms with Crippen LogP contribution in [0, 0.1) is 20.8 Å². The Morgan fingerprint density at radius 3 is 0.302 bits per heavy atom. The van der Waals surface area contributed by atoms with E-state index in [1.54, 1.807) is 0 Å². The fourth-order valence-corrected chi connectivity index (χ4v) is 16.5. The summed E-state index contributed by atoms with van der Waals surface area (Å²) >= 11 is 0. The summed E-state index contributed by atoms with van der Waals surface area (Å²) in [6, 6.07) is 87.3. The molecule has 0 aliphatic heterocycles. The van der Waals surface area contributed by atoms with Gasteiger partial charge in [-0.15, -0.1) is 0 Å². The Balaban J connectivity index is 0.000000141. The number of hydrogen-bond donors (Lipinski definition) is 0. The van der Waals surface area contributed by atoms with Gasteiger partial charge in [-0.1, -0.05) is 0 Å². The van der Waals surface area contributed by atoms with E-state index in [-0.39, 0.29) is 34.1 Å². The molecule has 21 heterocycles.